The first-order valence-electron chi connectivity index (χ1n) is 11.4. The Morgan fingerprint density at radius 2 is 0.824 bits per heavy atom. The zero-order valence-corrected chi connectivity index (χ0v) is 26.6. The van der Waals surface area contributed by atoms with Gasteiger partial charge in [-0.1, -0.05) is 96.1 Å². The maximum Gasteiger partial charge on any atom is 0.102 e. The first-order valence-corrected chi connectivity index (χ1v) is 18.2. The minimum atomic E-state index is -0.877. The molecule has 0 saturated heterocycles. The van der Waals surface area contributed by atoms with E-state index in [0.717, 1.165) is 23.9 Å². The van der Waals surface area contributed by atoms with Crippen LogP contribution in [0.4, 0.5) is 0 Å². The van der Waals surface area contributed by atoms with Crippen molar-refractivity contribution in [3.8, 4) is 0 Å². The Bertz CT molecular complexity index is 964. The smallest absolute Gasteiger partial charge is 0.0620 e. The fourth-order valence-corrected chi connectivity index (χ4v) is 14.8. The van der Waals surface area contributed by atoms with Gasteiger partial charge >= 0.3 is 24.8 Å². The zero-order valence-electron chi connectivity index (χ0n) is 20.9. The number of hydrogen-bond donors (Lipinski definition) is 0. The number of halogens is 1. The van der Waals surface area contributed by atoms with Crippen LogP contribution in [-0.4, -0.2) is 0 Å². The van der Waals surface area contributed by atoms with Crippen molar-refractivity contribution in [2.75, 3.05) is 0 Å². The maximum atomic E-state index is 4.26. The van der Waals surface area contributed by atoms with E-state index in [9.17, 15) is 0 Å². The van der Waals surface area contributed by atoms with Gasteiger partial charge in [-0.25, -0.2) is 0 Å². The van der Waals surface area contributed by atoms with Gasteiger partial charge in [-0.2, -0.15) is 0 Å². The molecule has 187 valence electrons. The minimum Gasteiger partial charge on any atom is -0.0620 e. The summed E-state index contributed by atoms with van der Waals surface area (Å²) in [6, 6.07) is 32.5. The predicted molar refractivity (Wildman–Crippen MR) is 164 cm³/mol. The molecule has 1 aromatic heterocycles. The van der Waals surface area contributed by atoms with Crippen molar-refractivity contribution < 1.29 is 14.6 Å². The second-order valence-electron chi connectivity index (χ2n) is 10.1. The molecule has 0 aliphatic rings. The average Bonchev–Trinajstić information content (AvgIpc) is 3.35. The van der Waals surface area contributed by atoms with Crippen LogP contribution in [0.1, 0.15) is 51.6 Å². The summed E-state index contributed by atoms with van der Waals surface area (Å²) in [6.45, 7) is 14.2. The molecule has 0 amide bonds. The normalized spacial score (nSPS) is 11.9. The molecule has 34 heavy (non-hydrogen) atoms. The number of rotatable bonds is 3. The molecule has 0 fully saturated rings. The summed E-state index contributed by atoms with van der Waals surface area (Å²) >= 11 is 3.35. The van der Waals surface area contributed by atoms with Gasteiger partial charge in [-0.3, -0.25) is 0 Å². The predicted octanol–water partition coefficient (Wildman–Crippen LogP) is 8.80. The summed E-state index contributed by atoms with van der Waals surface area (Å²) in [6.07, 6.45) is 0. The van der Waals surface area contributed by atoms with Crippen LogP contribution in [0.3, 0.4) is 0 Å². The third-order valence-electron chi connectivity index (χ3n) is 5.25. The van der Waals surface area contributed by atoms with E-state index < -0.39 is 7.92 Å². The van der Waals surface area contributed by atoms with Crippen molar-refractivity contribution in [3.63, 3.8) is 0 Å². The van der Waals surface area contributed by atoms with Crippen LogP contribution in [0.25, 0.3) is 0 Å². The van der Waals surface area contributed by atoms with Crippen molar-refractivity contribution in [2.45, 2.75) is 52.4 Å². The van der Waals surface area contributed by atoms with Gasteiger partial charge in [0, 0.05) is 0 Å². The fourth-order valence-electron chi connectivity index (χ4n) is 3.38. The van der Waals surface area contributed by atoms with E-state index in [1.807, 2.05) is 10.1 Å². The molecule has 2 atom stereocenters. The third-order valence-corrected chi connectivity index (χ3v) is 17.0. The molecule has 0 radical (unpaired) electrons. The van der Waals surface area contributed by atoms with Gasteiger partial charge in [0.05, 0.1) is 7.92 Å². The first kappa shape index (κ1) is 29.7. The second-order valence-corrected chi connectivity index (χ2v) is 17.8. The van der Waals surface area contributed by atoms with E-state index in [4.69, 9.17) is 0 Å². The topological polar surface area (TPSA) is 0 Å². The molecule has 4 rings (SSSR count). The van der Waals surface area contributed by atoms with Crippen LogP contribution in [-0.2, 0) is 25.4 Å². The second kappa shape index (κ2) is 14.3. The van der Waals surface area contributed by atoms with Gasteiger partial charge in [0.2, 0.25) is 0 Å². The molecule has 2 unspecified atom stereocenters. The van der Waals surface area contributed by atoms with Crippen LogP contribution >= 0.6 is 42.0 Å². The summed E-state index contributed by atoms with van der Waals surface area (Å²) in [5, 5.41) is 7.94. The van der Waals surface area contributed by atoms with E-state index in [-0.39, 0.29) is 0 Å². The van der Waals surface area contributed by atoms with E-state index in [0.29, 0.717) is 10.8 Å². The Balaban J connectivity index is 0.000000239. The largest absolute Gasteiger partial charge is 0.102 e. The van der Waals surface area contributed by atoms with Gasteiger partial charge in [0.1, 0.15) is 15.9 Å². The quantitative estimate of drug-likeness (QED) is 0.127. The van der Waals surface area contributed by atoms with Gasteiger partial charge in [0.25, 0.3) is 0 Å². The summed E-state index contributed by atoms with van der Waals surface area (Å²) in [7, 11) is 6.69. The standard InChI is InChI=1S/C18H15P.C10H21P3.ClH.Ni/c1-4-10-16(11-5-1)19(17-12-6-2-7-13-17)18-14-8-3-9-15-18;1-9(2,3)7-11-8(13-12-7)10(4,5)6;;/h1-15H;11-13H,1-6H3;1H;/q;-2;;+1. The SMILES string of the molecule is CC(C)(C)[c-]1[pH][pH][c-](C(C)(C)C)[pH]1.[Cl][Ni].c1ccc([PH+](c2ccccc2)c2ccccc2)cc1. The zero-order chi connectivity index (χ0) is 25.2. The summed E-state index contributed by atoms with van der Waals surface area (Å²) < 4.78 is 0. The summed E-state index contributed by atoms with van der Waals surface area (Å²) in [4.78, 5) is 0. The molecular weight excluding hydrogens is 554 g/mol. The Labute approximate surface area is 224 Å². The maximum absolute atomic E-state index is 4.26. The van der Waals surface area contributed by atoms with E-state index in [2.05, 4.69) is 157 Å². The van der Waals surface area contributed by atoms with E-state index in [1.165, 1.54) is 15.9 Å². The molecule has 0 spiro atoms. The Morgan fingerprint density at radius 1 is 0.559 bits per heavy atom. The van der Waals surface area contributed by atoms with Crippen LogP contribution in [0, 0.1) is 0 Å². The molecule has 3 aromatic carbocycles. The minimum absolute atomic E-state index is 0.455. The molecule has 0 bridgehead atoms. The molecular formula is C28H37ClNiP4-. The molecule has 0 N–H and O–H groups in total. The molecule has 0 aliphatic carbocycles. The van der Waals surface area contributed by atoms with Crippen LogP contribution in [0.15, 0.2) is 91.0 Å². The summed E-state index contributed by atoms with van der Waals surface area (Å²) in [5.41, 5.74) is 0.910. The van der Waals surface area contributed by atoms with Gasteiger partial charge < -0.3 is 34.0 Å². The molecule has 6 heteroatoms. The van der Waals surface area contributed by atoms with Gasteiger partial charge in [-0.15, -0.1) is 10.8 Å². The van der Waals surface area contributed by atoms with Crippen LogP contribution in [0.2, 0.25) is 0 Å². The van der Waals surface area contributed by atoms with Crippen molar-refractivity contribution >= 4 is 58.0 Å². The van der Waals surface area contributed by atoms with Gasteiger partial charge in [0.15, 0.2) is 0 Å². The Morgan fingerprint density at radius 3 is 1.03 bits per heavy atom. The Hall–Kier alpha value is -0.486. The number of benzene rings is 3. The number of hydrogen-bond acceptors (Lipinski definition) is 0. The summed E-state index contributed by atoms with van der Waals surface area (Å²) in [5.74, 6) is 0. The van der Waals surface area contributed by atoms with E-state index >= 15 is 0 Å². The first-order chi connectivity index (χ1) is 16.2. The molecule has 4 aromatic rings. The van der Waals surface area contributed by atoms with Crippen molar-refractivity contribution in [3.05, 3.63) is 101 Å². The molecule has 0 nitrogen and oxygen atoms in total. The Kier molecular flexibility index (Phi) is 12.5. The fraction of sp³-hybridized carbons (Fsp3) is 0.286. The van der Waals surface area contributed by atoms with Gasteiger partial charge in [-0.05, 0) is 36.4 Å². The molecule has 1 heterocycles. The third kappa shape index (κ3) is 9.19. The average molecular weight is 592 g/mol. The van der Waals surface area contributed by atoms with Crippen molar-refractivity contribution in [1.82, 2.24) is 0 Å². The van der Waals surface area contributed by atoms with Crippen LogP contribution < -0.4 is 15.9 Å². The van der Waals surface area contributed by atoms with E-state index in [1.54, 1.807) is 0 Å². The molecule has 0 aliphatic heterocycles. The molecule has 0 saturated carbocycles. The van der Waals surface area contributed by atoms with Crippen LogP contribution in [0.5, 0.6) is 0 Å². The monoisotopic (exact) mass is 590 g/mol. The van der Waals surface area contributed by atoms with Crippen molar-refractivity contribution in [1.29, 1.82) is 0 Å². The van der Waals surface area contributed by atoms with Crippen molar-refractivity contribution in [2.24, 2.45) is 0 Å².